The average molecular weight is 224 g/mol. The van der Waals surface area contributed by atoms with Crippen LogP contribution in [0.15, 0.2) is 12.4 Å². The Bertz CT molecular complexity index is 359. The molecule has 0 bridgehead atoms. The van der Waals surface area contributed by atoms with Crippen LogP contribution < -0.4 is 11.1 Å². The molecule has 0 aliphatic heterocycles. The summed E-state index contributed by atoms with van der Waals surface area (Å²) in [6.07, 6.45) is 3.79. The first-order valence-corrected chi connectivity index (χ1v) is 5.48. The summed E-state index contributed by atoms with van der Waals surface area (Å²) < 4.78 is 1.78. The molecule has 0 radical (unpaired) electrons. The van der Waals surface area contributed by atoms with Gasteiger partial charge in [0.05, 0.1) is 12.2 Å². The normalized spacial score (nSPS) is 15.1. The zero-order valence-electron chi connectivity index (χ0n) is 10.3. The van der Waals surface area contributed by atoms with Crippen molar-refractivity contribution in [3.05, 3.63) is 18.0 Å². The standard InChI is InChI=1S/C11H20N4O/c1-7(2)9-5-14-15(6-9)8(3)10(13-4)11(12)16/h5-8,10,13H,1-4H3,(H2,12,16). The van der Waals surface area contributed by atoms with Gasteiger partial charge in [-0.2, -0.15) is 5.10 Å². The van der Waals surface area contributed by atoms with Crippen molar-refractivity contribution in [2.75, 3.05) is 7.05 Å². The van der Waals surface area contributed by atoms with Crippen LogP contribution in [-0.2, 0) is 4.79 Å². The Balaban J connectivity index is 2.86. The first-order valence-electron chi connectivity index (χ1n) is 5.48. The van der Waals surface area contributed by atoms with Gasteiger partial charge in [0.15, 0.2) is 0 Å². The topological polar surface area (TPSA) is 72.9 Å². The highest BCUT2D eigenvalue weighted by molar-refractivity contribution is 5.80. The molecule has 0 aromatic carbocycles. The van der Waals surface area contributed by atoms with Gasteiger partial charge in [-0.05, 0) is 25.5 Å². The number of rotatable bonds is 5. The smallest absolute Gasteiger partial charge is 0.236 e. The fourth-order valence-electron chi connectivity index (χ4n) is 1.65. The number of carbonyl (C=O) groups excluding carboxylic acids is 1. The molecule has 1 heterocycles. The SMILES string of the molecule is CNC(C(N)=O)C(C)n1cc(C(C)C)cn1. The van der Waals surface area contributed by atoms with Crippen LogP contribution in [0.2, 0.25) is 0 Å². The number of hydrogen-bond donors (Lipinski definition) is 2. The van der Waals surface area contributed by atoms with Crippen LogP contribution in [0.5, 0.6) is 0 Å². The molecule has 1 amide bonds. The van der Waals surface area contributed by atoms with Crippen molar-refractivity contribution in [2.24, 2.45) is 5.73 Å². The molecule has 0 aliphatic rings. The number of primary amides is 1. The minimum absolute atomic E-state index is 0.0880. The van der Waals surface area contributed by atoms with Gasteiger partial charge in [0.25, 0.3) is 0 Å². The van der Waals surface area contributed by atoms with Gasteiger partial charge < -0.3 is 11.1 Å². The molecule has 1 rings (SSSR count). The first kappa shape index (κ1) is 12.7. The summed E-state index contributed by atoms with van der Waals surface area (Å²) in [5, 5.41) is 7.16. The highest BCUT2D eigenvalue weighted by Crippen LogP contribution is 2.16. The molecule has 0 fully saturated rings. The van der Waals surface area contributed by atoms with Crippen molar-refractivity contribution < 1.29 is 4.79 Å². The highest BCUT2D eigenvalue weighted by Gasteiger charge is 2.23. The molecular weight excluding hydrogens is 204 g/mol. The molecule has 0 spiro atoms. The second kappa shape index (κ2) is 5.12. The Morgan fingerprint density at radius 2 is 2.12 bits per heavy atom. The lowest BCUT2D eigenvalue weighted by molar-refractivity contribution is -0.120. The number of carbonyl (C=O) groups is 1. The van der Waals surface area contributed by atoms with Crippen LogP contribution in [0.4, 0.5) is 0 Å². The van der Waals surface area contributed by atoms with Crippen molar-refractivity contribution in [2.45, 2.75) is 38.8 Å². The number of amides is 1. The highest BCUT2D eigenvalue weighted by atomic mass is 16.1. The van der Waals surface area contributed by atoms with E-state index in [1.165, 1.54) is 0 Å². The summed E-state index contributed by atoms with van der Waals surface area (Å²) in [6.45, 7) is 6.13. The molecule has 2 unspecified atom stereocenters. The van der Waals surface area contributed by atoms with Gasteiger partial charge >= 0.3 is 0 Å². The molecule has 2 atom stereocenters. The lowest BCUT2D eigenvalue weighted by Crippen LogP contribution is -2.44. The zero-order valence-corrected chi connectivity index (χ0v) is 10.3. The van der Waals surface area contributed by atoms with Crippen LogP contribution >= 0.6 is 0 Å². The molecule has 1 aromatic heterocycles. The van der Waals surface area contributed by atoms with Gasteiger partial charge in [0.2, 0.25) is 5.91 Å². The quantitative estimate of drug-likeness (QED) is 0.771. The van der Waals surface area contributed by atoms with Crippen molar-refractivity contribution >= 4 is 5.91 Å². The number of nitrogens with two attached hydrogens (primary N) is 1. The van der Waals surface area contributed by atoms with E-state index < -0.39 is 6.04 Å². The third kappa shape index (κ3) is 2.61. The molecule has 3 N–H and O–H groups in total. The first-order chi connectivity index (χ1) is 7.47. The number of aromatic nitrogens is 2. The molecule has 0 saturated heterocycles. The Hall–Kier alpha value is -1.36. The van der Waals surface area contributed by atoms with Crippen LogP contribution in [0.1, 0.15) is 38.3 Å². The van der Waals surface area contributed by atoms with Gasteiger partial charge in [0.1, 0.15) is 6.04 Å². The van der Waals surface area contributed by atoms with Crippen LogP contribution in [0.3, 0.4) is 0 Å². The van der Waals surface area contributed by atoms with Crippen LogP contribution in [-0.4, -0.2) is 28.8 Å². The minimum Gasteiger partial charge on any atom is -0.368 e. The van der Waals surface area contributed by atoms with E-state index in [1.807, 2.05) is 19.3 Å². The molecule has 16 heavy (non-hydrogen) atoms. The van der Waals surface area contributed by atoms with Crippen LogP contribution in [0, 0.1) is 0 Å². The monoisotopic (exact) mass is 224 g/mol. The number of likely N-dealkylation sites (N-methyl/N-ethyl adjacent to an activating group) is 1. The number of hydrogen-bond acceptors (Lipinski definition) is 3. The maximum absolute atomic E-state index is 11.2. The van der Waals surface area contributed by atoms with Gasteiger partial charge in [-0.1, -0.05) is 13.8 Å². The summed E-state index contributed by atoms with van der Waals surface area (Å²) in [7, 11) is 1.72. The predicted octanol–water partition coefficient (Wildman–Crippen LogP) is 0.641. The molecule has 0 saturated carbocycles. The fraction of sp³-hybridized carbons (Fsp3) is 0.636. The van der Waals surface area contributed by atoms with E-state index in [0.29, 0.717) is 5.92 Å². The maximum atomic E-state index is 11.2. The Morgan fingerprint density at radius 1 is 1.50 bits per heavy atom. The van der Waals surface area contributed by atoms with Gasteiger partial charge in [-0.15, -0.1) is 0 Å². The van der Waals surface area contributed by atoms with Gasteiger partial charge in [0, 0.05) is 6.20 Å². The Labute approximate surface area is 96.0 Å². The van der Waals surface area contributed by atoms with Gasteiger partial charge in [-0.3, -0.25) is 9.48 Å². The maximum Gasteiger partial charge on any atom is 0.236 e. The zero-order chi connectivity index (χ0) is 12.3. The van der Waals surface area contributed by atoms with E-state index in [4.69, 9.17) is 5.73 Å². The average Bonchev–Trinajstić information content (AvgIpc) is 2.66. The van der Waals surface area contributed by atoms with Crippen molar-refractivity contribution in [3.63, 3.8) is 0 Å². The van der Waals surface area contributed by atoms with E-state index >= 15 is 0 Å². The lowest BCUT2D eigenvalue weighted by atomic mass is 10.1. The van der Waals surface area contributed by atoms with E-state index in [-0.39, 0.29) is 11.9 Å². The van der Waals surface area contributed by atoms with Crippen molar-refractivity contribution in [1.29, 1.82) is 0 Å². The molecule has 5 nitrogen and oxygen atoms in total. The van der Waals surface area contributed by atoms with Crippen molar-refractivity contribution in [3.8, 4) is 0 Å². The number of nitrogens with zero attached hydrogens (tertiary/aromatic N) is 2. The summed E-state index contributed by atoms with van der Waals surface area (Å²) in [5.41, 5.74) is 6.47. The van der Waals surface area contributed by atoms with E-state index in [9.17, 15) is 4.79 Å². The second-order valence-electron chi connectivity index (χ2n) is 4.32. The van der Waals surface area contributed by atoms with E-state index in [1.54, 1.807) is 11.7 Å². The van der Waals surface area contributed by atoms with E-state index in [2.05, 4.69) is 24.3 Å². The van der Waals surface area contributed by atoms with Crippen LogP contribution in [0.25, 0.3) is 0 Å². The van der Waals surface area contributed by atoms with Gasteiger partial charge in [-0.25, -0.2) is 0 Å². The third-order valence-corrected chi connectivity index (χ3v) is 2.81. The minimum atomic E-state index is -0.403. The summed E-state index contributed by atoms with van der Waals surface area (Å²) in [6, 6.07) is -0.491. The molecule has 5 heteroatoms. The number of nitrogens with one attached hydrogen (secondary N) is 1. The largest absolute Gasteiger partial charge is 0.368 e. The van der Waals surface area contributed by atoms with E-state index in [0.717, 1.165) is 5.56 Å². The summed E-state index contributed by atoms with van der Waals surface area (Å²) in [4.78, 5) is 11.2. The predicted molar refractivity (Wildman–Crippen MR) is 63.1 cm³/mol. The lowest BCUT2D eigenvalue weighted by Gasteiger charge is -2.20. The second-order valence-corrected chi connectivity index (χ2v) is 4.32. The molecular formula is C11H20N4O. The molecule has 90 valence electrons. The Morgan fingerprint density at radius 3 is 2.50 bits per heavy atom. The Kier molecular flexibility index (Phi) is 4.06. The molecule has 0 aliphatic carbocycles. The summed E-state index contributed by atoms with van der Waals surface area (Å²) in [5.74, 6) is 0.0687. The van der Waals surface area contributed by atoms with Crippen molar-refractivity contribution in [1.82, 2.24) is 15.1 Å². The third-order valence-electron chi connectivity index (χ3n) is 2.81. The fourth-order valence-corrected chi connectivity index (χ4v) is 1.65. The summed E-state index contributed by atoms with van der Waals surface area (Å²) >= 11 is 0. The molecule has 1 aromatic rings.